The lowest BCUT2D eigenvalue weighted by Gasteiger charge is -2.29. The van der Waals surface area contributed by atoms with Gasteiger partial charge in [-0.2, -0.15) is 26.3 Å². The summed E-state index contributed by atoms with van der Waals surface area (Å²) in [4.78, 5) is 0.784. The number of halogens is 10. The molecule has 0 bridgehead atoms. The van der Waals surface area contributed by atoms with Crippen LogP contribution >= 0.6 is 0 Å². The molecule has 0 aliphatic rings. The van der Waals surface area contributed by atoms with E-state index < -0.39 is 60.6 Å². The van der Waals surface area contributed by atoms with Crippen LogP contribution in [0.3, 0.4) is 0 Å². The first-order valence-electron chi connectivity index (χ1n) is 10.5. The van der Waals surface area contributed by atoms with Crippen molar-refractivity contribution in [3.8, 4) is 17.2 Å². The van der Waals surface area contributed by atoms with Gasteiger partial charge in [-0.1, -0.05) is 12.1 Å². The van der Waals surface area contributed by atoms with E-state index >= 15 is 0 Å². The number of aliphatic hydroxyl groups excluding tert-OH is 1. The van der Waals surface area contributed by atoms with E-state index in [0.717, 1.165) is 23.1 Å². The Balaban J connectivity index is 1.93. The topological polar surface area (TPSA) is 41.9 Å². The lowest BCUT2D eigenvalue weighted by Crippen LogP contribution is -2.41. The van der Waals surface area contributed by atoms with Gasteiger partial charge >= 0.3 is 18.7 Å². The average Bonchev–Trinajstić information content (AvgIpc) is 2.77. The van der Waals surface area contributed by atoms with Crippen LogP contribution < -0.4 is 14.4 Å². The zero-order valence-electron chi connectivity index (χ0n) is 18.8. The summed E-state index contributed by atoms with van der Waals surface area (Å²) in [6.45, 7) is -1.99. The lowest BCUT2D eigenvalue weighted by atomic mass is 10.1. The van der Waals surface area contributed by atoms with E-state index in [1.807, 2.05) is 0 Å². The Morgan fingerprint density at radius 1 is 0.763 bits per heavy atom. The van der Waals surface area contributed by atoms with Gasteiger partial charge in [-0.05, 0) is 42.5 Å². The third-order valence-electron chi connectivity index (χ3n) is 4.96. The molecule has 0 radical (unpaired) electrons. The second-order valence-electron chi connectivity index (χ2n) is 7.86. The highest BCUT2D eigenvalue weighted by atomic mass is 19.4. The molecule has 3 aromatic carbocycles. The third kappa shape index (κ3) is 8.16. The summed E-state index contributed by atoms with van der Waals surface area (Å²) in [6, 6.07) is 10.7. The maximum absolute atomic E-state index is 14.3. The quantitative estimate of drug-likeness (QED) is 0.292. The number of aliphatic hydroxyl groups is 1. The van der Waals surface area contributed by atoms with Crippen LogP contribution in [0.25, 0.3) is 0 Å². The number of hydrogen-bond acceptors (Lipinski definition) is 4. The summed E-state index contributed by atoms with van der Waals surface area (Å²) in [7, 11) is 0. The van der Waals surface area contributed by atoms with Crippen LogP contribution in [0.2, 0.25) is 0 Å². The predicted octanol–water partition coefficient (Wildman–Crippen LogP) is 7.47. The van der Waals surface area contributed by atoms with Crippen molar-refractivity contribution < 1.29 is 58.5 Å². The van der Waals surface area contributed by atoms with Crippen molar-refractivity contribution in [3.63, 3.8) is 0 Å². The van der Waals surface area contributed by atoms with Crippen LogP contribution in [-0.2, 0) is 12.7 Å². The standard InChI is InChI=1S/C24H17F10NO3/c25-20-8-7-15(22(26,27)28)9-14(20)12-35(13-21(36)23(29,30)31)16-3-1-4-17(10-16)37-18-5-2-6-19(11-18)38-24(32,33)34/h1-11,21,36H,12-13H2/t21-/m1/s1. The van der Waals surface area contributed by atoms with Gasteiger partial charge in [-0.25, -0.2) is 4.39 Å². The molecule has 0 saturated heterocycles. The van der Waals surface area contributed by atoms with Gasteiger partial charge in [0.2, 0.25) is 0 Å². The first-order chi connectivity index (χ1) is 17.5. The van der Waals surface area contributed by atoms with Crippen LogP contribution in [0.4, 0.5) is 49.6 Å². The van der Waals surface area contributed by atoms with E-state index in [-0.39, 0.29) is 17.2 Å². The first kappa shape index (κ1) is 28.9. The molecule has 0 fully saturated rings. The Kier molecular flexibility index (Phi) is 8.34. The summed E-state index contributed by atoms with van der Waals surface area (Å²) >= 11 is 0. The minimum Gasteiger partial charge on any atom is -0.457 e. The number of anilines is 1. The van der Waals surface area contributed by atoms with E-state index in [0.29, 0.717) is 18.2 Å². The number of rotatable bonds is 8. The summed E-state index contributed by atoms with van der Waals surface area (Å²) in [6.07, 6.45) is -17.9. The van der Waals surface area contributed by atoms with Crippen LogP contribution in [0.5, 0.6) is 17.2 Å². The Morgan fingerprint density at radius 2 is 1.37 bits per heavy atom. The molecule has 0 spiro atoms. The Bertz CT molecular complexity index is 1240. The van der Waals surface area contributed by atoms with Crippen molar-refractivity contribution in [1.29, 1.82) is 0 Å². The molecule has 0 aliphatic carbocycles. The minimum atomic E-state index is -5.10. The number of nitrogens with zero attached hydrogens (tertiary/aromatic N) is 1. The van der Waals surface area contributed by atoms with Crippen molar-refractivity contribution in [2.24, 2.45) is 0 Å². The van der Waals surface area contributed by atoms with E-state index in [2.05, 4.69) is 4.74 Å². The highest BCUT2D eigenvalue weighted by molar-refractivity contribution is 5.52. The fourth-order valence-electron chi connectivity index (χ4n) is 3.27. The molecule has 38 heavy (non-hydrogen) atoms. The van der Waals surface area contributed by atoms with E-state index in [1.54, 1.807) is 0 Å². The fourth-order valence-corrected chi connectivity index (χ4v) is 3.27. The van der Waals surface area contributed by atoms with Gasteiger partial charge in [0.05, 0.1) is 12.1 Å². The zero-order chi connectivity index (χ0) is 28.3. The van der Waals surface area contributed by atoms with Crippen molar-refractivity contribution in [2.45, 2.75) is 31.4 Å². The molecule has 3 aromatic rings. The molecule has 1 atom stereocenters. The van der Waals surface area contributed by atoms with Crippen LogP contribution in [0.15, 0.2) is 66.7 Å². The first-order valence-corrected chi connectivity index (χ1v) is 10.5. The lowest BCUT2D eigenvalue weighted by molar-refractivity contribution is -0.274. The monoisotopic (exact) mass is 557 g/mol. The molecule has 0 aliphatic heterocycles. The van der Waals surface area contributed by atoms with Gasteiger partial charge in [0.25, 0.3) is 0 Å². The maximum Gasteiger partial charge on any atom is 0.573 e. The van der Waals surface area contributed by atoms with Gasteiger partial charge in [0.15, 0.2) is 6.10 Å². The van der Waals surface area contributed by atoms with Crippen LogP contribution in [0.1, 0.15) is 11.1 Å². The van der Waals surface area contributed by atoms with Gasteiger partial charge in [0, 0.05) is 29.9 Å². The van der Waals surface area contributed by atoms with Crippen molar-refractivity contribution in [1.82, 2.24) is 0 Å². The Hall–Kier alpha value is -3.68. The number of benzene rings is 3. The van der Waals surface area contributed by atoms with Crippen molar-refractivity contribution in [3.05, 3.63) is 83.7 Å². The molecule has 4 nitrogen and oxygen atoms in total. The molecule has 206 valence electrons. The summed E-state index contributed by atoms with van der Waals surface area (Å²) in [5.74, 6) is -1.98. The van der Waals surface area contributed by atoms with E-state index in [1.165, 1.54) is 30.3 Å². The van der Waals surface area contributed by atoms with E-state index in [9.17, 15) is 49.0 Å². The molecule has 3 rings (SSSR count). The summed E-state index contributed by atoms with van der Waals surface area (Å²) in [5, 5.41) is 9.60. The minimum absolute atomic E-state index is 0.0947. The number of alkyl halides is 9. The predicted molar refractivity (Wildman–Crippen MR) is 114 cm³/mol. The van der Waals surface area contributed by atoms with Crippen LogP contribution in [0, 0.1) is 5.82 Å². The molecule has 14 heteroatoms. The summed E-state index contributed by atoms with van der Waals surface area (Å²) in [5.41, 5.74) is -1.95. The zero-order valence-corrected chi connectivity index (χ0v) is 18.8. The molecular formula is C24H17F10NO3. The average molecular weight is 557 g/mol. The fraction of sp³-hybridized carbons (Fsp3) is 0.250. The highest BCUT2D eigenvalue weighted by Gasteiger charge is 2.39. The van der Waals surface area contributed by atoms with Gasteiger partial charge in [0.1, 0.15) is 23.1 Å². The van der Waals surface area contributed by atoms with Gasteiger partial charge < -0.3 is 19.5 Å². The summed E-state index contributed by atoms with van der Waals surface area (Å²) < 4.78 is 139. The molecule has 0 unspecified atom stereocenters. The number of hydrogen-bond donors (Lipinski definition) is 1. The molecule has 0 amide bonds. The molecule has 1 N–H and O–H groups in total. The number of ether oxygens (including phenoxy) is 2. The SMILES string of the molecule is O[C@H](CN(Cc1cc(C(F)(F)F)ccc1F)c1cccc(Oc2cccc(OC(F)(F)F)c2)c1)C(F)(F)F. The molecule has 0 aromatic heterocycles. The third-order valence-corrected chi connectivity index (χ3v) is 4.96. The Morgan fingerprint density at radius 3 is 1.97 bits per heavy atom. The van der Waals surface area contributed by atoms with Gasteiger partial charge in [-0.3, -0.25) is 0 Å². The normalized spacial score (nSPS) is 13.2. The van der Waals surface area contributed by atoms with E-state index in [4.69, 9.17) is 4.74 Å². The van der Waals surface area contributed by atoms with Crippen molar-refractivity contribution in [2.75, 3.05) is 11.4 Å². The second kappa shape index (κ2) is 11.0. The maximum atomic E-state index is 14.3. The van der Waals surface area contributed by atoms with Crippen LogP contribution in [-0.4, -0.2) is 30.3 Å². The Labute approximate surface area is 208 Å². The second-order valence-corrected chi connectivity index (χ2v) is 7.86. The van der Waals surface area contributed by atoms with Crippen molar-refractivity contribution >= 4 is 5.69 Å². The smallest absolute Gasteiger partial charge is 0.457 e. The van der Waals surface area contributed by atoms with Gasteiger partial charge in [-0.15, -0.1) is 13.2 Å². The molecular weight excluding hydrogens is 540 g/mol. The molecule has 0 heterocycles. The highest BCUT2D eigenvalue weighted by Crippen LogP contribution is 2.34. The molecule has 0 saturated carbocycles. The largest absolute Gasteiger partial charge is 0.573 e.